The van der Waals surface area contributed by atoms with Gasteiger partial charge in [-0.2, -0.15) is 0 Å². The Balaban J connectivity index is 3.53. The van der Waals surface area contributed by atoms with Crippen LogP contribution in [-0.2, 0) is 4.79 Å². The van der Waals surface area contributed by atoms with E-state index in [0.717, 1.165) is 12.8 Å². The molecule has 0 spiro atoms. The highest BCUT2D eigenvalue weighted by Crippen LogP contribution is 2.13. The van der Waals surface area contributed by atoms with Gasteiger partial charge in [0, 0.05) is 0 Å². The highest BCUT2D eigenvalue weighted by Gasteiger charge is 2.29. The third-order valence-electron chi connectivity index (χ3n) is 5.44. The second-order valence-electron chi connectivity index (χ2n) is 8.02. The fourth-order valence-corrected chi connectivity index (χ4v) is 3.42. The van der Waals surface area contributed by atoms with Crippen LogP contribution in [0.15, 0.2) is 12.2 Å². The molecule has 0 unspecified atom stereocenters. The van der Waals surface area contributed by atoms with Crippen LogP contribution >= 0.6 is 0 Å². The summed E-state index contributed by atoms with van der Waals surface area (Å²) in [6.07, 6.45) is 21.5. The normalized spacial score (nSPS) is 12.1. The van der Waals surface area contributed by atoms with Crippen LogP contribution in [0.3, 0.4) is 0 Å². The zero-order valence-electron chi connectivity index (χ0n) is 18.1. The van der Waals surface area contributed by atoms with E-state index in [0.29, 0.717) is 19.5 Å². The molecule has 4 heteroatoms. The number of carbonyl (C=O) groups is 1. The average Bonchev–Trinajstić information content (AvgIpc) is 2.65. The lowest BCUT2D eigenvalue weighted by atomic mass is 10.1. The van der Waals surface area contributed by atoms with Gasteiger partial charge in [0.05, 0.1) is 26.7 Å². The second kappa shape index (κ2) is 18.6. The summed E-state index contributed by atoms with van der Waals surface area (Å²) in [6, 6.07) is 0. The van der Waals surface area contributed by atoms with Crippen molar-refractivity contribution in [2.75, 3.05) is 33.4 Å². The molecule has 0 saturated heterocycles. The summed E-state index contributed by atoms with van der Waals surface area (Å²) in [5, 5.41) is 18.3. The molecule has 0 atom stereocenters. The molecule has 0 heterocycles. The molecule has 0 aliphatic carbocycles. The van der Waals surface area contributed by atoms with E-state index in [2.05, 4.69) is 19.1 Å². The van der Waals surface area contributed by atoms with Gasteiger partial charge in [-0.25, -0.2) is 4.79 Å². The molecule has 2 N–H and O–H groups in total. The maximum absolute atomic E-state index is 12.3. The van der Waals surface area contributed by atoms with E-state index in [-0.39, 0.29) is 23.6 Å². The van der Waals surface area contributed by atoms with Gasteiger partial charge in [-0.15, -0.1) is 0 Å². The molecule has 0 fully saturated rings. The monoisotopic (exact) mass is 384 g/mol. The molecule has 0 radical (unpaired) electrons. The van der Waals surface area contributed by atoms with Gasteiger partial charge in [-0.1, -0.05) is 70.4 Å². The Hall–Kier alpha value is -0.710. The van der Waals surface area contributed by atoms with Gasteiger partial charge >= 0.3 is 5.91 Å². The number of nitrogens with zero attached hydrogens (tertiary/aromatic N) is 1. The van der Waals surface area contributed by atoms with Gasteiger partial charge in [0.25, 0.3) is 0 Å². The van der Waals surface area contributed by atoms with Crippen molar-refractivity contribution in [2.24, 2.45) is 0 Å². The SMILES string of the molecule is CCCCCCCCC=CCCCCCCCC(=O)[N+](C)(CCO)CCO. The molecular formula is C23H46NO3+. The molecule has 0 saturated carbocycles. The van der Waals surface area contributed by atoms with Gasteiger partial charge < -0.3 is 10.2 Å². The van der Waals surface area contributed by atoms with E-state index in [1.54, 1.807) is 0 Å². The maximum Gasteiger partial charge on any atom is 0.313 e. The Labute approximate surface area is 168 Å². The molecular weight excluding hydrogens is 338 g/mol. The standard InChI is InChI=1S/C23H46NO3/c1-3-4-5-6-7-8-9-10-11-12-13-14-15-16-17-18-23(27)24(2,19-21-25)20-22-26/h10-11,25-26H,3-9,12-22H2,1-2H3/q+1. The van der Waals surface area contributed by atoms with Crippen LogP contribution in [0, 0.1) is 0 Å². The van der Waals surface area contributed by atoms with E-state index in [9.17, 15) is 4.79 Å². The summed E-state index contributed by atoms with van der Waals surface area (Å²) in [5.74, 6) is 0.135. The lowest BCUT2D eigenvalue weighted by molar-refractivity contribution is -0.835. The molecule has 0 aromatic rings. The minimum absolute atomic E-state index is 0.0192. The summed E-state index contributed by atoms with van der Waals surface area (Å²) >= 11 is 0. The predicted octanol–water partition coefficient (Wildman–Crippen LogP) is 4.98. The number of amides is 1. The zero-order chi connectivity index (χ0) is 20.2. The molecule has 1 amide bonds. The molecule has 0 aliphatic rings. The summed E-state index contributed by atoms with van der Waals surface area (Å²) in [4.78, 5) is 12.3. The number of rotatable bonds is 19. The first kappa shape index (κ1) is 26.3. The first-order valence-electron chi connectivity index (χ1n) is 11.4. The van der Waals surface area contributed by atoms with Crippen molar-refractivity contribution in [3.8, 4) is 0 Å². The molecule has 0 rings (SSSR count). The van der Waals surface area contributed by atoms with Gasteiger partial charge in [0.2, 0.25) is 0 Å². The summed E-state index contributed by atoms with van der Waals surface area (Å²) in [6.45, 7) is 3.01. The van der Waals surface area contributed by atoms with E-state index < -0.39 is 0 Å². The predicted molar refractivity (Wildman–Crippen MR) is 115 cm³/mol. The summed E-state index contributed by atoms with van der Waals surface area (Å²) < 4.78 is 0.149. The molecule has 0 aliphatic heterocycles. The van der Waals surface area contributed by atoms with Crippen LogP contribution in [-0.4, -0.2) is 54.0 Å². The lowest BCUT2D eigenvalue weighted by Gasteiger charge is -2.30. The van der Waals surface area contributed by atoms with E-state index >= 15 is 0 Å². The zero-order valence-corrected chi connectivity index (χ0v) is 18.1. The largest absolute Gasteiger partial charge is 0.390 e. The third-order valence-corrected chi connectivity index (χ3v) is 5.44. The average molecular weight is 385 g/mol. The molecule has 4 nitrogen and oxygen atoms in total. The Morgan fingerprint density at radius 3 is 1.67 bits per heavy atom. The van der Waals surface area contributed by atoms with Gasteiger partial charge in [-0.3, -0.25) is 4.48 Å². The second-order valence-corrected chi connectivity index (χ2v) is 8.02. The topological polar surface area (TPSA) is 57.5 Å². The highest BCUT2D eigenvalue weighted by atomic mass is 16.3. The number of unbranched alkanes of at least 4 members (excludes halogenated alkanes) is 11. The van der Waals surface area contributed by atoms with E-state index in [1.165, 1.54) is 70.6 Å². The Bertz CT molecular complexity index is 363. The summed E-state index contributed by atoms with van der Waals surface area (Å²) in [5.41, 5.74) is 0. The van der Waals surface area contributed by atoms with Crippen LogP contribution in [0.2, 0.25) is 0 Å². The highest BCUT2D eigenvalue weighted by molar-refractivity contribution is 5.68. The van der Waals surface area contributed by atoms with Gasteiger partial charge in [0.1, 0.15) is 13.1 Å². The Kier molecular flexibility index (Phi) is 18.2. The fourth-order valence-electron chi connectivity index (χ4n) is 3.42. The molecule has 0 aromatic heterocycles. The van der Waals surface area contributed by atoms with Crippen LogP contribution in [0.25, 0.3) is 0 Å². The number of quaternary nitrogens is 1. The number of carbonyl (C=O) groups excluding carboxylic acids is 1. The Morgan fingerprint density at radius 2 is 1.19 bits per heavy atom. The smallest absolute Gasteiger partial charge is 0.313 e. The first-order chi connectivity index (χ1) is 13.1. The summed E-state index contributed by atoms with van der Waals surface area (Å²) in [7, 11) is 1.81. The third kappa shape index (κ3) is 15.0. The molecule has 0 aromatic carbocycles. The minimum Gasteiger partial charge on any atom is -0.390 e. The maximum atomic E-state index is 12.3. The minimum atomic E-state index is -0.0192. The van der Waals surface area contributed by atoms with Crippen molar-refractivity contribution in [1.82, 2.24) is 0 Å². The quantitative estimate of drug-likeness (QED) is 0.187. The van der Waals surface area contributed by atoms with Crippen LogP contribution in [0.4, 0.5) is 0 Å². The van der Waals surface area contributed by atoms with E-state index in [4.69, 9.17) is 10.2 Å². The van der Waals surface area contributed by atoms with Crippen molar-refractivity contribution in [3.63, 3.8) is 0 Å². The van der Waals surface area contributed by atoms with E-state index in [1.807, 2.05) is 7.05 Å². The molecule has 0 bridgehead atoms. The Morgan fingerprint density at radius 1 is 0.741 bits per heavy atom. The van der Waals surface area contributed by atoms with Crippen molar-refractivity contribution in [1.29, 1.82) is 0 Å². The van der Waals surface area contributed by atoms with Crippen molar-refractivity contribution in [3.05, 3.63) is 12.2 Å². The van der Waals surface area contributed by atoms with Crippen molar-refractivity contribution < 1.29 is 19.5 Å². The molecule has 160 valence electrons. The van der Waals surface area contributed by atoms with Crippen LogP contribution in [0.1, 0.15) is 96.8 Å². The van der Waals surface area contributed by atoms with Gasteiger partial charge in [0.15, 0.2) is 0 Å². The number of hydrogen-bond donors (Lipinski definition) is 2. The van der Waals surface area contributed by atoms with Gasteiger partial charge in [-0.05, 0) is 32.1 Å². The lowest BCUT2D eigenvalue weighted by Crippen LogP contribution is -2.52. The fraction of sp³-hybridized carbons (Fsp3) is 0.870. The first-order valence-corrected chi connectivity index (χ1v) is 11.4. The van der Waals surface area contributed by atoms with Crippen molar-refractivity contribution >= 4 is 5.91 Å². The number of hydrogen-bond acceptors (Lipinski definition) is 3. The van der Waals surface area contributed by atoms with Crippen molar-refractivity contribution in [2.45, 2.75) is 96.8 Å². The van der Waals surface area contributed by atoms with Crippen LogP contribution in [0.5, 0.6) is 0 Å². The number of allylic oxidation sites excluding steroid dienone is 2. The van der Waals surface area contributed by atoms with Crippen LogP contribution < -0.4 is 0 Å². The number of aliphatic hydroxyl groups is 2. The number of likely N-dealkylation sites (N-methyl/N-ethyl adjacent to an activating group) is 1. The number of aliphatic hydroxyl groups excluding tert-OH is 2. The molecule has 27 heavy (non-hydrogen) atoms.